The second kappa shape index (κ2) is 5.59. The van der Waals surface area contributed by atoms with E-state index in [9.17, 15) is 18.0 Å². The predicted molar refractivity (Wildman–Crippen MR) is 61.5 cm³/mol. The predicted octanol–water partition coefficient (Wildman–Crippen LogP) is 2.38. The van der Waals surface area contributed by atoms with E-state index in [0.29, 0.717) is 0 Å². The van der Waals surface area contributed by atoms with Crippen molar-refractivity contribution in [3.8, 4) is 11.5 Å². The first-order chi connectivity index (χ1) is 8.30. The van der Waals surface area contributed by atoms with Crippen molar-refractivity contribution in [2.24, 2.45) is 0 Å². The van der Waals surface area contributed by atoms with Crippen LogP contribution in [0.15, 0.2) is 6.20 Å². The lowest BCUT2D eigenvalue weighted by atomic mass is 10.2. The number of esters is 1. The van der Waals surface area contributed by atoms with Crippen LogP contribution in [0.4, 0.5) is 13.2 Å². The average molecular weight is 377 g/mol. The van der Waals surface area contributed by atoms with Gasteiger partial charge in [-0.3, -0.25) is 0 Å². The summed E-state index contributed by atoms with van der Waals surface area (Å²) in [4.78, 5) is 15.1. The number of carbonyl (C=O) groups excluding carboxylic acids is 1. The smallest absolute Gasteiger partial charge is 0.490 e. The summed E-state index contributed by atoms with van der Waals surface area (Å²) >= 11 is 1.65. The quantitative estimate of drug-likeness (QED) is 0.460. The molecule has 0 aliphatic rings. The molecule has 1 heterocycles. The molecule has 0 unspecified atom stereocenters. The summed E-state index contributed by atoms with van der Waals surface area (Å²) in [6.45, 7) is 0. The van der Waals surface area contributed by atoms with E-state index in [4.69, 9.17) is 4.74 Å². The molecule has 100 valence electrons. The standard InChI is InChI=1S/C9H7F3INO4/c1-16-6-5(18-9(10,11)12)4(8(15)17-2)3-14-7(6)13/h3H,1-2H3. The first-order valence-electron chi connectivity index (χ1n) is 4.36. The number of halogens is 4. The van der Waals surface area contributed by atoms with E-state index >= 15 is 0 Å². The molecular weight excluding hydrogens is 370 g/mol. The van der Waals surface area contributed by atoms with E-state index in [1.807, 2.05) is 0 Å². The molecule has 0 bridgehead atoms. The number of alkyl halides is 3. The van der Waals surface area contributed by atoms with Crippen LogP contribution in [0.3, 0.4) is 0 Å². The van der Waals surface area contributed by atoms with Gasteiger partial charge in [-0.15, -0.1) is 13.2 Å². The molecule has 0 amide bonds. The Hall–Kier alpha value is -1.26. The van der Waals surface area contributed by atoms with Crippen molar-refractivity contribution in [1.29, 1.82) is 0 Å². The minimum atomic E-state index is -4.96. The Kier molecular flexibility index (Phi) is 4.59. The van der Waals surface area contributed by atoms with Crippen LogP contribution in [-0.4, -0.2) is 31.5 Å². The van der Waals surface area contributed by atoms with E-state index in [2.05, 4.69) is 14.5 Å². The molecule has 0 saturated carbocycles. The fourth-order valence-corrected chi connectivity index (χ4v) is 1.71. The Bertz CT molecular complexity index is 464. The van der Waals surface area contributed by atoms with Gasteiger partial charge in [-0.25, -0.2) is 9.78 Å². The topological polar surface area (TPSA) is 57.7 Å². The Labute approximate surface area is 113 Å². The molecule has 9 heteroatoms. The van der Waals surface area contributed by atoms with Crippen LogP contribution >= 0.6 is 22.6 Å². The minimum absolute atomic E-state index is 0.127. The third-order valence-corrected chi connectivity index (χ3v) is 2.54. The second-order valence-electron chi connectivity index (χ2n) is 2.86. The zero-order valence-electron chi connectivity index (χ0n) is 9.17. The molecule has 18 heavy (non-hydrogen) atoms. The molecule has 1 aromatic heterocycles. The Morgan fingerprint density at radius 1 is 1.33 bits per heavy atom. The van der Waals surface area contributed by atoms with E-state index in [0.717, 1.165) is 20.4 Å². The van der Waals surface area contributed by atoms with Gasteiger partial charge in [0, 0.05) is 6.20 Å². The minimum Gasteiger partial charge on any atom is -0.490 e. The van der Waals surface area contributed by atoms with Crippen molar-refractivity contribution in [1.82, 2.24) is 4.98 Å². The molecular formula is C9H7F3INO4. The van der Waals surface area contributed by atoms with Crippen LogP contribution in [0.1, 0.15) is 10.4 Å². The Morgan fingerprint density at radius 3 is 2.39 bits per heavy atom. The van der Waals surface area contributed by atoms with Gasteiger partial charge in [0.05, 0.1) is 14.2 Å². The molecule has 0 aliphatic heterocycles. The number of methoxy groups -OCH3 is 2. The second-order valence-corrected chi connectivity index (χ2v) is 3.89. The lowest BCUT2D eigenvalue weighted by molar-refractivity contribution is -0.275. The number of rotatable bonds is 3. The van der Waals surface area contributed by atoms with E-state index in [1.165, 1.54) is 0 Å². The van der Waals surface area contributed by atoms with Gasteiger partial charge in [-0.05, 0) is 22.6 Å². The number of pyridine rings is 1. The fourth-order valence-electron chi connectivity index (χ4n) is 1.10. The van der Waals surface area contributed by atoms with Gasteiger partial charge in [0.25, 0.3) is 0 Å². The van der Waals surface area contributed by atoms with Crippen molar-refractivity contribution < 1.29 is 32.2 Å². The van der Waals surface area contributed by atoms with Crippen LogP contribution in [-0.2, 0) is 4.74 Å². The fraction of sp³-hybridized carbons (Fsp3) is 0.333. The molecule has 0 aliphatic carbocycles. The molecule has 0 fully saturated rings. The lowest BCUT2D eigenvalue weighted by Crippen LogP contribution is -2.20. The first kappa shape index (κ1) is 14.8. The molecule has 1 aromatic rings. The van der Waals surface area contributed by atoms with Crippen molar-refractivity contribution in [2.75, 3.05) is 14.2 Å². The number of ether oxygens (including phenoxy) is 3. The summed E-state index contributed by atoms with van der Waals surface area (Å²) in [6, 6.07) is 0. The highest BCUT2D eigenvalue weighted by molar-refractivity contribution is 14.1. The Morgan fingerprint density at radius 2 is 1.94 bits per heavy atom. The number of hydrogen-bond donors (Lipinski definition) is 0. The van der Waals surface area contributed by atoms with Crippen molar-refractivity contribution in [3.63, 3.8) is 0 Å². The summed E-state index contributed by atoms with van der Waals surface area (Å²) < 4.78 is 49.9. The maximum Gasteiger partial charge on any atom is 0.573 e. The molecule has 0 atom stereocenters. The highest BCUT2D eigenvalue weighted by Crippen LogP contribution is 2.38. The van der Waals surface area contributed by atoms with Crippen LogP contribution in [0.5, 0.6) is 11.5 Å². The third-order valence-electron chi connectivity index (χ3n) is 1.77. The number of carbonyl (C=O) groups is 1. The molecule has 0 radical (unpaired) electrons. The maximum absolute atomic E-state index is 12.3. The van der Waals surface area contributed by atoms with Crippen molar-refractivity contribution in [3.05, 3.63) is 15.5 Å². The molecule has 5 nitrogen and oxygen atoms in total. The van der Waals surface area contributed by atoms with E-state index < -0.39 is 23.6 Å². The van der Waals surface area contributed by atoms with Crippen LogP contribution in [0, 0.1) is 3.70 Å². The number of aromatic nitrogens is 1. The monoisotopic (exact) mass is 377 g/mol. The lowest BCUT2D eigenvalue weighted by Gasteiger charge is -2.15. The summed E-state index contributed by atoms with van der Waals surface area (Å²) in [5, 5.41) is 0. The van der Waals surface area contributed by atoms with Gasteiger partial charge in [0.2, 0.25) is 0 Å². The van der Waals surface area contributed by atoms with Crippen LogP contribution in [0.2, 0.25) is 0 Å². The highest BCUT2D eigenvalue weighted by atomic mass is 127. The molecule has 0 spiro atoms. The summed E-state index contributed by atoms with van der Waals surface area (Å²) in [5.74, 6) is -2.05. The van der Waals surface area contributed by atoms with Crippen LogP contribution < -0.4 is 9.47 Å². The molecule has 0 N–H and O–H groups in total. The summed E-state index contributed by atoms with van der Waals surface area (Å²) in [7, 11) is 2.17. The molecule has 0 aromatic carbocycles. The van der Waals surface area contributed by atoms with Crippen LogP contribution in [0.25, 0.3) is 0 Å². The average Bonchev–Trinajstić information content (AvgIpc) is 2.26. The van der Waals surface area contributed by atoms with Gasteiger partial charge in [-0.2, -0.15) is 0 Å². The van der Waals surface area contributed by atoms with Crippen molar-refractivity contribution in [2.45, 2.75) is 6.36 Å². The number of nitrogens with zero attached hydrogens (tertiary/aromatic N) is 1. The normalized spacial score (nSPS) is 11.0. The third kappa shape index (κ3) is 3.37. The highest BCUT2D eigenvalue weighted by Gasteiger charge is 2.36. The summed E-state index contributed by atoms with van der Waals surface area (Å²) in [6.07, 6.45) is -4.03. The van der Waals surface area contributed by atoms with Gasteiger partial charge in [0.1, 0.15) is 9.26 Å². The maximum atomic E-state index is 12.3. The summed E-state index contributed by atoms with van der Waals surface area (Å²) in [5.41, 5.74) is -0.466. The van der Waals surface area contributed by atoms with E-state index in [1.54, 1.807) is 22.6 Å². The zero-order valence-corrected chi connectivity index (χ0v) is 11.3. The SMILES string of the molecule is COC(=O)c1cnc(I)c(OC)c1OC(F)(F)F. The largest absolute Gasteiger partial charge is 0.573 e. The van der Waals surface area contributed by atoms with Gasteiger partial charge < -0.3 is 14.2 Å². The van der Waals surface area contributed by atoms with Gasteiger partial charge in [0.15, 0.2) is 11.5 Å². The van der Waals surface area contributed by atoms with E-state index in [-0.39, 0.29) is 9.45 Å². The van der Waals surface area contributed by atoms with Gasteiger partial charge >= 0.3 is 12.3 Å². The first-order valence-corrected chi connectivity index (χ1v) is 5.44. The Balaban J connectivity index is 3.39. The molecule has 1 rings (SSSR count). The zero-order chi connectivity index (χ0) is 13.9. The van der Waals surface area contributed by atoms with Crippen molar-refractivity contribution >= 4 is 28.6 Å². The molecule has 0 saturated heterocycles. The van der Waals surface area contributed by atoms with Gasteiger partial charge in [-0.1, -0.05) is 0 Å². The number of hydrogen-bond acceptors (Lipinski definition) is 5.